The van der Waals surface area contributed by atoms with Crippen molar-refractivity contribution in [3.8, 4) is 11.3 Å². The fraction of sp³-hybridized carbons (Fsp3) is 0.304. The van der Waals surface area contributed by atoms with Crippen molar-refractivity contribution in [2.24, 2.45) is 0 Å². The number of aryl methyl sites for hydroxylation is 2. The fourth-order valence-corrected chi connectivity index (χ4v) is 3.66. The largest absolute Gasteiger partial charge is 0.441 e. The smallest absolute Gasteiger partial charge is 0.224 e. The second-order valence-electron chi connectivity index (χ2n) is 7.37. The van der Waals surface area contributed by atoms with Crippen molar-refractivity contribution in [3.05, 3.63) is 65.9 Å². The van der Waals surface area contributed by atoms with Gasteiger partial charge in [0.2, 0.25) is 5.91 Å². The van der Waals surface area contributed by atoms with E-state index in [1.807, 2.05) is 12.1 Å². The maximum absolute atomic E-state index is 13.0. The molecule has 1 aliphatic heterocycles. The molecular weight excluding hydrogens is 369 g/mol. The SMILES string of the molecule is Cc1cc(NC(=O)CCc2ncc(-c3ccc(F)cc3)o2)ccc1N1CCCC1. The van der Waals surface area contributed by atoms with Crippen LogP contribution in [0.3, 0.4) is 0 Å². The number of halogens is 1. The number of benzene rings is 2. The van der Waals surface area contributed by atoms with Gasteiger partial charge in [0.1, 0.15) is 5.82 Å². The summed E-state index contributed by atoms with van der Waals surface area (Å²) in [4.78, 5) is 18.9. The van der Waals surface area contributed by atoms with Gasteiger partial charge in [0.25, 0.3) is 0 Å². The van der Waals surface area contributed by atoms with Gasteiger partial charge in [0.05, 0.1) is 6.20 Å². The van der Waals surface area contributed by atoms with Crippen LogP contribution in [-0.4, -0.2) is 24.0 Å². The van der Waals surface area contributed by atoms with E-state index >= 15 is 0 Å². The van der Waals surface area contributed by atoms with Crippen LogP contribution in [0.25, 0.3) is 11.3 Å². The second-order valence-corrected chi connectivity index (χ2v) is 7.37. The molecule has 6 heteroatoms. The number of aromatic nitrogens is 1. The molecule has 29 heavy (non-hydrogen) atoms. The summed E-state index contributed by atoms with van der Waals surface area (Å²) in [6.07, 6.45) is 4.75. The molecule has 0 radical (unpaired) electrons. The normalized spacial score (nSPS) is 13.7. The molecule has 1 amide bonds. The average molecular weight is 393 g/mol. The van der Waals surface area contributed by atoms with Crippen LogP contribution in [0.1, 0.15) is 30.7 Å². The number of rotatable bonds is 6. The summed E-state index contributed by atoms with van der Waals surface area (Å²) in [5.74, 6) is 0.669. The third kappa shape index (κ3) is 4.65. The zero-order valence-corrected chi connectivity index (χ0v) is 16.5. The van der Waals surface area contributed by atoms with Crippen LogP contribution in [0.15, 0.2) is 53.1 Å². The number of oxazole rings is 1. The van der Waals surface area contributed by atoms with Crippen LogP contribution in [0, 0.1) is 12.7 Å². The van der Waals surface area contributed by atoms with Gasteiger partial charge in [-0.05, 0) is 67.8 Å². The highest BCUT2D eigenvalue weighted by molar-refractivity contribution is 5.91. The Morgan fingerprint density at radius 2 is 1.93 bits per heavy atom. The van der Waals surface area contributed by atoms with Gasteiger partial charge < -0.3 is 14.6 Å². The summed E-state index contributed by atoms with van der Waals surface area (Å²) in [6, 6.07) is 12.1. The number of carbonyl (C=O) groups is 1. The summed E-state index contributed by atoms with van der Waals surface area (Å²) in [7, 11) is 0. The number of carbonyl (C=O) groups excluding carboxylic acids is 1. The van der Waals surface area contributed by atoms with E-state index in [4.69, 9.17) is 4.42 Å². The van der Waals surface area contributed by atoms with E-state index in [9.17, 15) is 9.18 Å². The van der Waals surface area contributed by atoms with E-state index in [1.165, 1.54) is 36.2 Å². The van der Waals surface area contributed by atoms with E-state index in [1.54, 1.807) is 18.3 Å². The molecule has 2 aromatic carbocycles. The van der Waals surface area contributed by atoms with Crippen LogP contribution >= 0.6 is 0 Å². The Kier molecular flexibility index (Phi) is 5.60. The Labute approximate surface area is 169 Å². The van der Waals surface area contributed by atoms with Crippen molar-refractivity contribution in [1.29, 1.82) is 0 Å². The maximum Gasteiger partial charge on any atom is 0.224 e. The van der Waals surface area contributed by atoms with Gasteiger partial charge in [0, 0.05) is 42.9 Å². The zero-order valence-electron chi connectivity index (χ0n) is 16.5. The van der Waals surface area contributed by atoms with Gasteiger partial charge in [-0.15, -0.1) is 0 Å². The third-order valence-electron chi connectivity index (χ3n) is 5.18. The Balaban J connectivity index is 1.32. The van der Waals surface area contributed by atoms with Crippen LogP contribution < -0.4 is 10.2 Å². The molecule has 1 saturated heterocycles. The lowest BCUT2D eigenvalue weighted by Crippen LogP contribution is -2.19. The lowest BCUT2D eigenvalue weighted by molar-refractivity contribution is -0.116. The Hall–Kier alpha value is -3.15. The molecule has 1 fully saturated rings. The molecule has 150 valence electrons. The van der Waals surface area contributed by atoms with Crippen molar-refractivity contribution < 1.29 is 13.6 Å². The van der Waals surface area contributed by atoms with Gasteiger partial charge in [-0.2, -0.15) is 0 Å². The van der Waals surface area contributed by atoms with Gasteiger partial charge in [-0.3, -0.25) is 4.79 Å². The molecule has 0 atom stereocenters. The van der Waals surface area contributed by atoms with Crippen molar-refractivity contribution in [1.82, 2.24) is 4.98 Å². The predicted octanol–water partition coefficient (Wildman–Crippen LogP) is 4.96. The molecule has 0 saturated carbocycles. The first-order valence-corrected chi connectivity index (χ1v) is 9.94. The monoisotopic (exact) mass is 393 g/mol. The highest BCUT2D eigenvalue weighted by Gasteiger charge is 2.15. The standard InChI is InChI=1S/C23H24FN3O2/c1-16-14-19(8-9-20(16)27-12-2-3-13-27)26-22(28)10-11-23-25-15-21(29-23)17-4-6-18(24)7-5-17/h4-9,14-15H,2-3,10-13H2,1H3,(H,26,28). The van der Waals surface area contributed by atoms with Gasteiger partial charge in [0.15, 0.2) is 11.7 Å². The summed E-state index contributed by atoms with van der Waals surface area (Å²) in [6.45, 7) is 4.28. The van der Waals surface area contributed by atoms with E-state index in [0.717, 1.165) is 24.3 Å². The zero-order chi connectivity index (χ0) is 20.2. The number of nitrogens with one attached hydrogen (secondary N) is 1. The first-order valence-electron chi connectivity index (χ1n) is 9.94. The molecule has 5 nitrogen and oxygen atoms in total. The molecule has 0 unspecified atom stereocenters. The van der Waals surface area contributed by atoms with Crippen molar-refractivity contribution in [2.45, 2.75) is 32.6 Å². The van der Waals surface area contributed by atoms with Gasteiger partial charge >= 0.3 is 0 Å². The Morgan fingerprint density at radius 1 is 1.17 bits per heavy atom. The first kappa shape index (κ1) is 19.2. The number of hydrogen-bond donors (Lipinski definition) is 1. The molecule has 3 aromatic rings. The summed E-state index contributed by atoms with van der Waals surface area (Å²) < 4.78 is 18.7. The summed E-state index contributed by atoms with van der Waals surface area (Å²) >= 11 is 0. The molecule has 2 heterocycles. The van der Waals surface area contributed by atoms with Gasteiger partial charge in [-0.25, -0.2) is 9.37 Å². The number of nitrogens with zero attached hydrogens (tertiary/aromatic N) is 2. The minimum atomic E-state index is -0.297. The van der Waals surface area contributed by atoms with Crippen molar-refractivity contribution in [2.75, 3.05) is 23.3 Å². The molecule has 1 N–H and O–H groups in total. The Morgan fingerprint density at radius 3 is 2.66 bits per heavy atom. The van der Waals surface area contributed by atoms with Crippen LogP contribution in [0.4, 0.5) is 15.8 Å². The molecule has 4 rings (SSSR count). The molecule has 0 aliphatic carbocycles. The van der Waals surface area contributed by atoms with Crippen LogP contribution in [-0.2, 0) is 11.2 Å². The minimum absolute atomic E-state index is 0.0835. The highest BCUT2D eigenvalue weighted by Crippen LogP contribution is 2.27. The number of amides is 1. The molecule has 0 bridgehead atoms. The molecule has 1 aromatic heterocycles. The molecule has 1 aliphatic rings. The average Bonchev–Trinajstić information content (AvgIpc) is 3.39. The van der Waals surface area contributed by atoms with E-state index < -0.39 is 0 Å². The van der Waals surface area contributed by atoms with Gasteiger partial charge in [-0.1, -0.05) is 0 Å². The first-order chi connectivity index (χ1) is 14.1. The van der Waals surface area contributed by atoms with Crippen molar-refractivity contribution >= 4 is 17.3 Å². The second kappa shape index (κ2) is 8.47. The minimum Gasteiger partial charge on any atom is -0.441 e. The van der Waals surface area contributed by atoms with E-state index in [2.05, 4.69) is 28.2 Å². The summed E-state index contributed by atoms with van der Waals surface area (Å²) in [5.41, 5.74) is 3.97. The third-order valence-corrected chi connectivity index (χ3v) is 5.18. The topological polar surface area (TPSA) is 58.4 Å². The van der Waals surface area contributed by atoms with E-state index in [0.29, 0.717) is 18.1 Å². The molecule has 0 spiro atoms. The fourth-order valence-electron chi connectivity index (χ4n) is 3.66. The maximum atomic E-state index is 13.0. The number of hydrogen-bond acceptors (Lipinski definition) is 4. The quantitative estimate of drug-likeness (QED) is 0.643. The lowest BCUT2D eigenvalue weighted by Gasteiger charge is -2.20. The van der Waals surface area contributed by atoms with Crippen molar-refractivity contribution in [3.63, 3.8) is 0 Å². The Bertz CT molecular complexity index is 992. The van der Waals surface area contributed by atoms with Crippen LogP contribution in [0.2, 0.25) is 0 Å². The summed E-state index contributed by atoms with van der Waals surface area (Å²) in [5, 5.41) is 2.95. The highest BCUT2D eigenvalue weighted by atomic mass is 19.1. The van der Waals surface area contributed by atoms with Crippen LogP contribution in [0.5, 0.6) is 0 Å². The van der Waals surface area contributed by atoms with E-state index in [-0.39, 0.29) is 18.1 Å². The molecular formula is C23H24FN3O2. The lowest BCUT2D eigenvalue weighted by atomic mass is 10.1. The predicted molar refractivity (Wildman–Crippen MR) is 111 cm³/mol. The number of anilines is 2.